The molecule has 29 heteroatoms. The van der Waals surface area contributed by atoms with Gasteiger partial charge in [-0.25, -0.2) is 0 Å². The van der Waals surface area contributed by atoms with Crippen molar-refractivity contribution < 1.29 is 225 Å². The van der Waals surface area contributed by atoms with E-state index in [4.69, 9.17) is 79.6 Å². The van der Waals surface area contributed by atoms with Crippen molar-refractivity contribution in [3.63, 3.8) is 0 Å². The third-order valence-electron chi connectivity index (χ3n) is 0. The van der Waals surface area contributed by atoms with E-state index < -0.39 is 68.1 Å². The van der Waals surface area contributed by atoms with Gasteiger partial charge in [0.15, 0.2) is 0 Å². The third kappa shape index (κ3) is 1080. The van der Waals surface area contributed by atoms with E-state index in [0.29, 0.717) is 0 Å². The summed E-state index contributed by atoms with van der Waals surface area (Å²) in [5.41, 5.74) is 0. The standard InChI is InChI=1S/Ca.Ce.5Cr.La.20O.Sr/q+2;+3;;;;;;+3;;;;;;;;;;;10*-1;+2. The normalized spacial score (nSPS) is 10.0. The van der Waals surface area contributed by atoms with Crippen LogP contribution in [0.5, 0.6) is 0 Å². The van der Waals surface area contributed by atoms with Crippen molar-refractivity contribution in [1.29, 1.82) is 0 Å². The molecule has 20 nitrogen and oxygen atoms in total. The molecule has 29 heavy (non-hydrogen) atoms. The van der Waals surface area contributed by atoms with Gasteiger partial charge in [-0.3, -0.25) is 0 Å². The van der Waals surface area contributed by atoms with Crippen LogP contribution < -0.4 is 41.6 Å². The van der Waals surface area contributed by atoms with Gasteiger partial charge in [0.2, 0.25) is 0 Å². The maximum absolute atomic E-state index is 8.59. The van der Waals surface area contributed by atoms with Gasteiger partial charge in [-0.15, -0.1) is 0 Å². The minimum atomic E-state index is -5.75. The zero-order valence-electron chi connectivity index (χ0n) is 12.7. The fourth-order valence-electron chi connectivity index (χ4n) is 0. The minimum absolute atomic E-state index is 0. The van der Waals surface area contributed by atoms with Gasteiger partial charge in [-0.05, 0) is 0 Å². The first kappa shape index (κ1) is 59.6. The Balaban J connectivity index is -0.0000000238. The summed E-state index contributed by atoms with van der Waals surface area (Å²) in [4.78, 5) is 0. The van der Waals surface area contributed by atoms with E-state index in [-0.39, 0.29) is 161 Å². The summed E-state index contributed by atoms with van der Waals surface area (Å²) in [5, 5.41) is 0. The number of hydrogen-bond acceptors (Lipinski definition) is 20. The van der Waals surface area contributed by atoms with Crippen LogP contribution in [0.25, 0.3) is 0 Å². The largest absolute Gasteiger partial charge is 2.00 e. The maximum Gasteiger partial charge on any atom is 2.00 e. The zero-order chi connectivity index (χ0) is 22.5. The Labute approximate surface area is 300 Å². The summed E-state index contributed by atoms with van der Waals surface area (Å²) >= 11 is -28.8. The fourth-order valence-corrected chi connectivity index (χ4v) is 0. The average molecular weight is 987 g/mol. The van der Waals surface area contributed by atoms with Gasteiger partial charge in [0.05, 0.1) is 0 Å². The molecule has 0 fully saturated rings. The molecule has 0 aromatic heterocycles. The Morgan fingerprint density at radius 2 is 0.345 bits per heavy atom. The van der Waals surface area contributed by atoms with Crippen LogP contribution in [0.4, 0.5) is 0 Å². The molecule has 0 aliphatic carbocycles. The Morgan fingerprint density at radius 1 is 0.345 bits per heavy atom. The molecule has 0 rings (SSSR count). The van der Waals surface area contributed by atoms with Crippen LogP contribution in [0.3, 0.4) is 0 Å². The van der Waals surface area contributed by atoms with Crippen LogP contribution in [0.1, 0.15) is 0 Å². The predicted molar refractivity (Wildman–Crippen MR) is 18.4 cm³/mol. The molecule has 1 radical (unpaired) electrons. The van der Waals surface area contributed by atoms with E-state index in [9.17, 15) is 0 Å². The van der Waals surface area contributed by atoms with Crippen LogP contribution in [0.2, 0.25) is 0 Å². The third-order valence-corrected chi connectivity index (χ3v) is 0. The Morgan fingerprint density at radius 3 is 0.345 bits per heavy atom. The van der Waals surface area contributed by atoms with E-state index in [0.717, 1.165) is 0 Å². The molecule has 0 atom stereocenters. The average Bonchev–Trinajstić information content (AvgIpc) is 1.79. The van der Waals surface area contributed by atoms with Crippen LogP contribution >= 0.6 is 0 Å². The topological polar surface area (TPSA) is 401 Å². The van der Waals surface area contributed by atoms with Crippen molar-refractivity contribution in [2.45, 2.75) is 0 Å². The summed E-state index contributed by atoms with van der Waals surface area (Å²) < 4.78 is 172. The SMILES string of the molecule is [Ca+2].[Ce+3].[La+3].[O]=[Cr](=[O])([O-])[O-].[O]=[Cr](=[O])([O-])[O-].[O]=[Cr](=[O])([O-])[O-].[O]=[Cr](=[O])([O-])[O-].[O]=[Cr](=[O])([O-])[O-].[Sr+2]. The summed E-state index contributed by atoms with van der Waals surface area (Å²) in [6.07, 6.45) is 0. The summed E-state index contributed by atoms with van der Waals surface area (Å²) in [6.45, 7) is 0. The first-order chi connectivity index (χ1) is 10.0. The Kier molecular flexibility index (Phi) is 57.8. The van der Waals surface area contributed by atoms with Crippen molar-refractivity contribution in [2.75, 3.05) is 0 Å². The van der Waals surface area contributed by atoms with Crippen LogP contribution in [-0.4, -0.2) is 83.2 Å². The quantitative estimate of drug-likeness (QED) is 0.203. The van der Waals surface area contributed by atoms with Crippen LogP contribution in [-0.2, 0) is 106 Å². The van der Waals surface area contributed by atoms with Crippen molar-refractivity contribution >= 4 is 83.2 Å². The molecule has 161 valence electrons. The summed E-state index contributed by atoms with van der Waals surface area (Å²) in [7, 11) is 0. The first-order valence-electron chi connectivity index (χ1n) is 3.33. The van der Waals surface area contributed by atoms with Gasteiger partial charge in [0.25, 0.3) is 0 Å². The van der Waals surface area contributed by atoms with Gasteiger partial charge in [0, 0.05) is 0 Å². The van der Waals surface area contributed by atoms with E-state index >= 15 is 0 Å². The van der Waals surface area contributed by atoms with Gasteiger partial charge in [0.1, 0.15) is 0 Å². The Bertz CT molecular complexity index is 633. The minimum Gasteiger partial charge on any atom is 2.00 e. The smallest absolute Gasteiger partial charge is 2.00 e. The molecule has 0 aromatic rings. The van der Waals surface area contributed by atoms with E-state index in [1.54, 1.807) is 0 Å². The van der Waals surface area contributed by atoms with Crippen molar-refractivity contribution in [3.8, 4) is 0 Å². The fraction of sp³-hybridized carbons (Fsp3) is 0. The molecule has 0 heterocycles. The molecule has 0 unspecified atom stereocenters. The van der Waals surface area contributed by atoms with Gasteiger partial charge in [-0.2, -0.15) is 0 Å². The molecule has 0 spiro atoms. The van der Waals surface area contributed by atoms with Crippen molar-refractivity contribution in [2.24, 2.45) is 0 Å². The second-order valence-electron chi connectivity index (χ2n) is 2.04. The Hall–Kier alpha value is 5.57. The maximum atomic E-state index is 8.59. The second-order valence-corrected chi connectivity index (χ2v) is 8.42. The van der Waals surface area contributed by atoms with Crippen LogP contribution in [0.15, 0.2) is 0 Å². The predicted octanol–water partition coefficient (Wildman–Crippen LogP) is -13.9. The molecule has 0 amide bonds. The molecule has 0 aliphatic heterocycles. The zero-order valence-corrected chi connectivity index (χ0v) is 31.5. The van der Waals surface area contributed by atoms with Crippen molar-refractivity contribution in [3.05, 3.63) is 0 Å². The summed E-state index contributed by atoms with van der Waals surface area (Å²) in [5.74, 6) is 0. The molecule has 0 saturated heterocycles. The van der Waals surface area contributed by atoms with Gasteiger partial charge in [-0.1, -0.05) is 0 Å². The van der Waals surface area contributed by atoms with E-state index in [1.165, 1.54) is 0 Å². The molecule has 0 saturated carbocycles. The molecule has 0 bridgehead atoms. The number of hydrogen-bond donors (Lipinski definition) is 0. The van der Waals surface area contributed by atoms with Gasteiger partial charge < -0.3 is 0 Å². The summed E-state index contributed by atoms with van der Waals surface area (Å²) in [6, 6.07) is 0. The first-order valence-corrected chi connectivity index (χ1v) is 13.7. The van der Waals surface area contributed by atoms with E-state index in [2.05, 4.69) is 0 Å². The molecule has 0 aliphatic rings. The van der Waals surface area contributed by atoms with Crippen molar-refractivity contribution in [1.82, 2.24) is 0 Å². The van der Waals surface area contributed by atoms with E-state index in [1.807, 2.05) is 0 Å². The van der Waals surface area contributed by atoms with Crippen LogP contribution in [0, 0.1) is 77.3 Å². The molecular weight excluding hydrogens is 987 g/mol. The monoisotopic (exact) mass is 986 g/mol. The molecule has 0 N–H and O–H groups in total. The molecular formula is CaCeCr5LaO20Sr. The molecule has 0 aromatic carbocycles. The second kappa shape index (κ2) is 28.2. The number of rotatable bonds is 0. The van der Waals surface area contributed by atoms with Gasteiger partial charge >= 0.3 is 308 Å².